The zero-order valence-corrected chi connectivity index (χ0v) is 14.5. The van der Waals surface area contributed by atoms with E-state index in [9.17, 15) is 13.2 Å². The molecule has 1 aromatic heterocycles. The molecule has 132 valence electrons. The summed E-state index contributed by atoms with van der Waals surface area (Å²) in [5.74, 6) is 0. The van der Waals surface area contributed by atoms with E-state index in [1.165, 1.54) is 0 Å². The van der Waals surface area contributed by atoms with Gasteiger partial charge in [-0.2, -0.15) is 0 Å². The summed E-state index contributed by atoms with van der Waals surface area (Å²) in [5.41, 5.74) is 0.657. The van der Waals surface area contributed by atoms with E-state index in [2.05, 4.69) is 15.0 Å². The summed E-state index contributed by atoms with van der Waals surface area (Å²) in [6, 6.07) is 3.22. The number of likely N-dealkylation sites (tertiary alicyclic amines) is 1. The predicted molar refractivity (Wildman–Crippen MR) is 92.2 cm³/mol. The number of aromatic nitrogens is 1. The Labute approximate surface area is 142 Å². The van der Waals surface area contributed by atoms with Crippen molar-refractivity contribution in [1.29, 1.82) is 0 Å². The van der Waals surface area contributed by atoms with Crippen molar-refractivity contribution in [2.24, 2.45) is 0 Å². The van der Waals surface area contributed by atoms with Gasteiger partial charge in [-0.1, -0.05) is 12.8 Å². The van der Waals surface area contributed by atoms with Crippen LogP contribution in [0, 0.1) is 0 Å². The van der Waals surface area contributed by atoms with E-state index in [1.807, 2.05) is 0 Å². The van der Waals surface area contributed by atoms with Gasteiger partial charge in [0.05, 0.1) is 5.25 Å². The van der Waals surface area contributed by atoms with Gasteiger partial charge in [0.1, 0.15) is 0 Å². The summed E-state index contributed by atoms with van der Waals surface area (Å²) in [6.07, 6.45) is 8.49. The normalized spacial score (nSPS) is 22.5. The summed E-state index contributed by atoms with van der Waals surface area (Å²) in [7, 11) is -3.39. The maximum atomic E-state index is 12.6. The first-order valence-electron chi connectivity index (χ1n) is 8.52. The Balaban J connectivity index is 1.60. The standard InChI is InChI=1S/C16H24N4O3S/c21-16(18-13-7-9-17-10-8-13)20-11-3-6-15(12-20)24(22,23)19-14-4-1-2-5-14/h7-10,14-15,19H,1-6,11-12H2,(H,17,18,21). The molecule has 7 nitrogen and oxygen atoms in total. The Hall–Kier alpha value is -1.67. The fourth-order valence-electron chi connectivity index (χ4n) is 3.39. The van der Waals surface area contributed by atoms with Crippen molar-refractivity contribution in [3.8, 4) is 0 Å². The first kappa shape index (κ1) is 17.2. The first-order chi connectivity index (χ1) is 11.5. The number of piperidine rings is 1. The molecule has 1 atom stereocenters. The minimum absolute atomic E-state index is 0.0658. The first-order valence-corrected chi connectivity index (χ1v) is 10.1. The molecule has 2 heterocycles. The lowest BCUT2D eigenvalue weighted by atomic mass is 10.1. The molecule has 1 unspecified atom stereocenters. The van der Waals surface area contributed by atoms with Gasteiger partial charge in [-0.3, -0.25) is 4.98 Å². The van der Waals surface area contributed by atoms with Crippen LogP contribution in [0.4, 0.5) is 10.5 Å². The molecular formula is C16H24N4O3S. The topological polar surface area (TPSA) is 91.4 Å². The number of urea groups is 1. The van der Waals surface area contributed by atoms with Crippen LogP contribution in [0.1, 0.15) is 38.5 Å². The fraction of sp³-hybridized carbons (Fsp3) is 0.625. The van der Waals surface area contributed by atoms with Crippen molar-refractivity contribution >= 4 is 21.7 Å². The molecule has 0 bridgehead atoms. The number of amides is 2. The van der Waals surface area contributed by atoms with Gasteiger partial charge in [-0.05, 0) is 37.8 Å². The fourth-order valence-corrected chi connectivity index (χ4v) is 5.13. The molecule has 3 rings (SSSR count). The highest BCUT2D eigenvalue weighted by Gasteiger charge is 2.34. The van der Waals surface area contributed by atoms with Gasteiger partial charge in [0, 0.05) is 37.2 Å². The Kier molecular flexibility index (Phi) is 5.35. The second kappa shape index (κ2) is 7.48. The van der Waals surface area contributed by atoms with Crippen molar-refractivity contribution in [1.82, 2.24) is 14.6 Å². The van der Waals surface area contributed by atoms with E-state index in [1.54, 1.807) is 29.4 Å². The average Bonchev–Trinajstić information content (AvgIpc) is 3.08. The Bertz CT molecular complexity index is 659. The summed E-state index contributed by atoms with van der Waals surface area (Å²) < 4.78 is 28.0. The van der Waals surface area contributed by atoms with E-state index in [0.717, 1.165) is 25.7 Å². The third-order valence-corrected chi connectivity index (χ3v) is 6.65. The number of hydrogen-bond donors (Lipinski definition) is 2. The minimum atomic E-state index is -3.39. The van der Waals surface area contributed by atoms with Crippen LogP contribution in [0.2, 0.25) is 0 Å². The van der Waals surface area contributed by atoms with Crippen LogP contribution in [-0.4, -0.2) is 48.7 Å². The number of hydrogen-bond acceptors (Lipinski definition) is 4. The van der Waals surface area contributed by atoms with Crippen LogP contribution in [0.5, 0.6) is 0 Å². The largest absolute Gasteiger partial charge is 0.323 e. The number of anilines is 1. The van der Waals surface area contributed by atoms with Gasteiger partial charge >= 0.3 is 6.03 Å². The van der Waals surface area contributed by atoms with Crippen molar-refractivity contribution in [3.63, 3.8) is 0 Å². The third-order valence-electron chi connectivity index (χ3n) is 4.72. The second-order valence-electron chi connectivity index (χ2n) is 6.52. The Morgan fingerprint density at radius 2 is 1.83 bits per heavy atom. The zero-order chi connectivity index (χ0) is 17.0. The minimum Gasteiger partial charge on any atom is -0.323 e. The molecule has 1 aliphatic heterocycles. The van der Waals surface area contributed by atoms with E-state index in [4.69, 9.17) is 0 Å². The average molecular weight is 352 g/mol. The molecule has 0 radical (unpaired) electrons. The number of rotatable bonds is 4. The highest BCUT2D eigenvalue weighted by atomic mass is 32.2. The molecule has 1 aliphatic carbocycles. The molecule has 2 amide bonds. The Morgan fingerprint density at radius 3 is 2.54 bits per heavy atom. The number of sulfonamides is 1. The molecule has 8 heteroatoms. The summed E-state index contributed by atoms with van der Waals surface area (Å²) in [4.78, 5) is 17.9. The van der Waals surface area contributed by atoms with Crippen LogP contribution >= 0.6 is 0 Å². The molecule has 0 spiro atoms. The molecule has 1 saturated carbocycles. The van der Waals surface area contributed by atoms with Crippen LogP contribution in [0.3, 0.4) is 0 Å². The number of carbonyl (C=O) groups is 1. The lowest BCUT2D eigenvalue weighted by Crippen LogP contribution is -2.50. The van der Waals surface area contributed by atoms with Gasteiger partial charge < -0.3 is 10.2 Å². The molecule has 24 heavy (non-hydrogen) atoms. The smallest absolute Gasteiger partial charge is 0.321 e. The summed E-state index contributed by atoms with van der Waals surface area (Å²) >= 11 is 0. The van der Waals surface area contributed by atoms with Gasteiger partial charge in [0.15, 0.2) is 0 Å². The van der Waals surface area contributed by atoms with Crippen LogP contribution in [0.15, 0.2) is 24.5 Å². The number of pyridine rings is 1. The van der Waals surface area contributed by atoms with E-state index < -0.39 is 15.3 Å². The van der Waals surface area contributed by atoms with E-state index in [0.29, 0.717) is 25.1 Å². The van der Waals surface area contributed by atoms with Gasteiger partial charge in [0.25, 0.3) is 0 Å². The second-order valence-corrected chi connectivity index (χ2v) is 8.51. The lowest BCUT2D eigenvalue weighted by Gasteiger charge is -2.33. The van der Waals surface area contributed by atoms with Crippen molar-refractivity contribution in [2.45, 2.75) is 49.8 Å². The molecule has 1 saturated heterocycles. The molecule has 1 aromatic rings. The van der Waals surface area contributed by atoms with Crippen molar-refractivity contribution in [3.05, 3.63) is 24.5 Å². The highest BCUT2D eigenvalue weighted by Crippen LogP contribution is 2.22. The molecular weight excluding hydrogens is 328 g/mol. The van der Waals surface area contributed by atoms with Crippen LogP contribution in [0.25, 0.3) is 0 Å². The third kappa shape index (κ3) is 4.24. The molecule has 2 aliphatic rings. The zero-order valence-electron chi connectivity index (χ0n) is 13.6. The van der Waals surface area contributed by atoms with E-state index in [-0.39, 0.29) is 18.6 Å². The van der Waals surface area contributed by atoms with Crippen molar-refractivity contribution < 1.29 is 13.2 Å². The van der Waals surface area contributed by atoms with Gasteiger partial charge in [-0.15, -0.1) is 0 Å². The highest BCUT2D eigenvalue weighted by molar-refractivity contribution is 7.90. The monoisotopic (exact) mass is 352 g/mol. The molecule has 0 aromatic carbocycles. The maximum Gasteiger partial charge on any atom is 0.321 e. The predicted octanol–water partition coefficient (Wildman–Crippen LogP) is 1.94. The quantitative estimate of drug-likeness (QED) is 0.866. The molecule has 2 fully saturated rings. The summed E-state index contributed by atoms with van der Waals surface area (Å²) in [5, 5.41) is 2.26. The Morgan fingerprint density at radius 1 is 1.12 bits per heavy atom. The lowest BCUT2D eigenvalue weighted by molar-refractivity contribution is 0.200. The van der Waals surface area contributed by atoms with E-state index >= 15 is 0 Å². The summed E-state index contributed by atoms with van der Waals surface area (Å²) in [6.45, 7) is 0.811. The van der Waals surface area contributed by atoms with Crippen LogP contribution in [-0.2, 0) is 10.0 Å². The maximum absolute atomic E-state index is 12.6. The number of nitrogens with one attached hydrogen (secondary N) is 2. The van der Waals surface area contributed by atoms with Crippen molar-refractivity contribution in [2.75, 3.05) is 18.4 Å². The molecule has 2 N–H and O–H groups in total. The van der Waals surface area contributed by atoms with Gasteiger partial charge in [-0.25, -0.2) is 17.9 Å². The van der Waals surface area contributed by atoms with Crippen LogP contribution < -0.4 is 10.0 Å². The van der Waals surface area contributed by atoms with Gasteiger partial charge in [0.2, 0.25) is 10.0 Å². The SMILES string of the molecule is O=C(Nc1ccncc1)N1CCCC(S(=O)(=O)NC2CCCC2)C1. The number of nitrogens with zero attached hydrogens (tertiary/aromatic N) is 2. The number of carbonyl (C=O) groups excluding carboxylic acids is 1.